The van der Waals surface area contributed by atoms with E-state index in [1.54, 1.807) is 0 Å². The van der Waals surface area contributed by atoms with Gasteiger partial charge in [0, 0.05) is 73.4 Å². The average molecular weight is 550 g/mol. The number of carbonyl (C=O) groups is 1. The van der Waals surface area contributed by atoms with Crippen LogP contribution in [0, 0.1) is 0 Å². The Bertz CT molecular complexity index is 1620. The van der Waals surface area contributed by atoms with Crippen molar-refractivity contribution in [2.45, 2.75) is 12.3 Å². The van der Waals surface area contributed by atoms with Crippen molar-refractivity contribution in [3.63, 3.8) is 0 Å². The van der Waals surface area contributed by atoms with Crippen molar-refractivity contribution in [1.82, 2.24) is 9.47 Å². The smallest absolute Gasteiger partial charge is 0.223 e. The molecule has 6 heteroatoms. The van der Waals surface area contributed by atoms with Gasteiger partial charge in [0.2, 0.25) is 5.91 Å². The van der Waals surface area contributed by atoms with E-state index in [0.717, 1.165) is 51.9 Å². The maximum atomic E-state index is 13.8. The van der Waals surface area contributed by atoms with E-state index in [2.05, 4.69) is 65.2 Å². The minimum absolute atomic E-state index is 0.108. The number of fused-ring (bicyclic) bond motifs is 1. The Morgan fingerprint density at radius 2 is 1.55 bits per heavy atom. The number of nitrogens with zero attached hydrogens (tertiary/aromatic N) is 3. The van der Waals surface area contributed by atoms with Crippen LogP contribution in [0.1, 0.15) is 23.5 Å². The Kier molecular flexibility index (Phi) is 7.47. The van der Waals surface area contributed by atoms with E-state index in [0.29, 0.717) is 19.5 Å². The maximum Gasteiger partial charge on any atom is 0.223 e. The molecule has 0 spiro atoms. The number of hydrogen-bond donors (Lipinski definition) is 0. The minimum atomic E-state index is -0.108. The number of piperazine rings is 1. The summed E-state index contributed by atoms with van der Waals surface area (Å²) in [6, 6.07) is 34.3. The summed E-state index contributed by atoms with van der Waals surface area (Å²) in [6.07, 6.45) is 2.56. The molecule has 0 aliphatic carbocycles. The first-order chi connectivity index (χ1) is 19.5. The van der Waals surface area contributed by atoms with Crippen LogP contribution < -0.4 is 9.64 Å². The third-order valence-electron chi connectivity index (χ3n) is 7.73. The highest BCUT2D eigenvalue weighted by Gasteiger charge is 2.27. The fraction of sp³-hybridized carbons (Fsp3) is 0.206. The summed E-state index contributed by atoms with van der Waals surface area (Å²) in [4.78, 5) is 18.1. The standard InChI is InChI=1S/C34H32ClN3O2/c1-36-24-32(30-15-5-6-16-33(30)36)31(25-9-7-14-29(21-25)40-28-12-3-2-4-13-28)23-34(39)38-19-17-37(18-20-38)27-11-8-10-26(35)22-27/h2-16,21-22,24,31H,17-20,23H2,1H3. The van der Waals surface area contributed by atoms with E-state index in [1.807, 2.05) is 65.6 Å². The van der Waals surface area contributed by atoms with E-state index in [9.17, 15) is 4.79 Å². The predicted octanol–water partition coefficient (Wildman–Crippen LogP) is 7.49. The molecule has 0 radical (unpaired) electrons. The fourth-order valence-corrected chi connectivity index (χ4v) is 5.85. The Morgan fingerprint density at radius 3 is 2.35 bits per heavy atom. The number of carbonyl (C=O) groups excluding carboxylic acids is 1. The number of amides is 1. The van der Waals surface area contributed by atoms with Gasteiger partial charge in [0.1, 0.15) is 11.5 Å². The Labute approximate surface area is 240 Å². The molecule has 0 bridgehead atoms. The van der Waals surface area contributed by atoms with Crippen LogP contribution in [-0.2, 0) is 11.8 Å². The lowest BCUT2D eigenvalue weighted by Crippen LogP contribution is -2.49. The van der Waals surface area contributed by atoms with Crippen LogP contribution in [0.5, 0.6) is 11.5 Å². The summed E-state index contributed by atoms with van der Waals surface area (Å²) < 4.78 is 8.31. The van der Waals surface area contributed by atoms with Gasteiger partial charge in [0.05, 0.1) is 0 Å². The molecule has 202 valence electrons. The van der Waals surface area contributed by atoms with Crippen LogP contribution in [0.25, 0.3) is 10.9 Å². The van der Waals surface area contributed by atoms with Gasteiger partial charge in [-0.3, -0.25) is 4.79 Å². The Balaban J connectivity index is 1.27. The van der Waals surface area contributed by atoms with Crippen molar-refractivity contribution in [3.8, 4) is 11.5 Å². The second-order valence-electron chi connectivity index (χ2n) is 10.3. The molecule has 40 heavy (non-hydrogen) atoms. The highest BCUT2D eigenvalue weighted by atomic mass is 35.5. The van der Waals surface area contributed by atoms with E-state index >= 15 is 0 Å². The number of halogens is 1. The van der Waals surface area contributed by atoms with E-state index < -0.39 is 0 Å². The molecule has 1 aliphatic rings. The summed E-state index contributed by atoms with van der Waals surface area (Å²) in [5.41, 5.74) is 4.47. The van der Waals surface area contributed by atoms with Crippen molar-refractivity contribution in [1.29, 1.82) is 0 Å². The van der Waals surface area contributed by atoms with Crippen molar-refractivity contribution in [3.05, 3.63) is 125 Å². The number of ether oxygens (including phenoxy) is 1. The summed E-state index contributed by atoms with van der Waals surface area (Å²) in [6.45, 7) is 2.94. The molecule has 1 atom stereocenters. The van der Waals surface area contributed by atoms with E-state index in [4.69, 9.17) is 16.3 Å². The predicted molar refractivity (Wildman–Crippen MR) is 163 cm³/mol. The largest absolute Gasteiger partial charge is 0.457 e. The molecule has 6 rings (SSSR count). The number of aryl methyl sites for hydroxylation is 1. The van der Waals surface area contributed by atoms with Crippen LogP contribution in [0.15, 0.2) is 109 Å². The molecule has 1 saturated heterocycles. The number of para-hydroxylation sites is 2. The zero-order valence-corrected chi connectivity index (χ0v) is 23.3. The lowest BCUT2D eigenvalue weighted by Gasteiger charge is -2.36. The number of anilines is 1. The third-order valence-corrected chi connectivity index (χ3v) is 7.96. The molecule has 0 N–H and O–H groups in total. The maximum absolute atomic E-state index is 13.8. The SMILES string of the molecule is Cn1cc(C(CC(=O)N2CCN(c3cccc(Cl)c3)CC2)c2cccc(Oc3ccccc3)c2)c2ccccc21. The normalized spacial score (nSPS) is 14.3. The monoisotopic (exact) mass is 549 g/mol. The molecule has 1 unspecified atom stereocenters. The Morgan fingerprint density at radius 1 is 0.825 bits per heavy atom. The van der Waals surface area contributed by atoms with Crippen LogP contribution in [0.4, 0.5) is 5.69 Å². The molecule has 1 aromatic heterocycles. The van der Waals surface area contributed by atoms with Crippen LogP contribution in [0.2, 0.25) is 5.02 Å². The van der Waals surface area contributed by atoms with Gasteiger partial charge >= 0.3 is 0 Å². The molecular weight excluding hydrogens is 518 g/mol. The van der Waals surface area contributed by atoms with Gasteiger partial charge in [0.25, 0.3) is 0 Å². The van der Waals surface area contributed by atoms with Gasteiger partial charge in [-0.1, -0.05) is 66.2 Å². The Hall–Kier alpha value is -4.22. The van der Waals surface area contributed by atoms with Gasteiger partial charge in [-0.05, 0) is 59.7 Å². The molecular formula is C34H32ClN3O2. The molecule has 1 aliphatic heterocycles. The fourth-order valence-electron chi connectivity index (χ4n) is 5.67. The van der Waals surface area contributed by atoms with Gasteiger partial charge in [-0.25, -0.2) is 0 Å². The van der Waals surface area contributed by atoms with Gasteiger partial charge in [0.15, 0.2) is 0 Å². The number of aromatic nitrogens is 1. The first-order valence-electron chi connectivity index (χ1n) is 13.7. The highest BCUT2D eigenvalue weighted by molar-refractivity contribution is 6.30. The van der Waals surface area contributed by atoms with Crippen molar-refractivity contribution < 1.29 is 9.53 Å². The molecule has 5 aromatic rings. The summed E-state index contributed by atoms with van der Waals surface area (Å²) in [5, 5.41) is 1.90. The molecule has 0 saturated carbocycles. The quantitative estimate of drug-likeness (QED) is 0.211. The first-order valence-corrected chi connectivity index (χ1v) is 14.1. The molecule has 1 fully saturated rings. The lowest BCUT2D eigenvalue weighted by molar-refractivity contribution is -0.131. The number of benzene rings is 4. The zero-order valence-electron chi connectivity index (χ0n) is 22.5. The van der Waals surface area contributed by atoms with Crippen LogP contribution >= 0.6 is 11.6 Å². The minimum Gasteiger partial charge on any atom is -0.457 e. The summed E-state index contributed by atoms with van der Waals surface area (Å²) in [7, 11) is 2.06. The topological polar surface area (TPSA) is 37.7 Å². The van der Waals surface area contributed by atoms with Gasteiger partial charge < -0.3 is 19.1 Å². The van der Waals surface area contributed by atoms with E-state index in [-0.39, 0.29) is 11.8 Å². The van der Waals surface area contributed by atoms with Crippen LogP contribution in [0.3, 0.4) is 0 Å². The second-order valence-corrected chi connectivity index (χ2v) is 10.7. The van der Waals surface area contributed by atoms with E-state index in [1.165, 1.54) is 5.39 Å². The van der Waals surface area contributed by atoms with Crippen molar-refractivity contribution >= 4 is 34.1 Å². The number of rotatable bonds is 7. The van der Waals surface area contributed by atoms with Crippen molar-refractivity contribution in [2.75, 3.05) is 31.1 Å². The molecule has 5 nitrogen and oxygen atoms in total. The average Bonchev–Trinajstić information content (AvgIpc) is 3.32. The molecule has 1 amide bonds. The molecule has 4 aromatic carbocycles. The van der Waals surface area contributed by atoms with Gasteiger partial charge in [-0.15, -0.1) is 0 Å². The summed E-state index contributed by atoms with van der Waals surface area (Å²) >= 11 is 6.21. The second kappa shape index (κ2) is 11.5. The van der Waals surface area contributed by atoms with Gasteiger partial charge in [-0.2, -0.15) is 0 Å². The number of hydrogen-bond acceptors (Lipinski definition) is 3. The van der Waals surface area contributed by atoms with Crippen molar-refractivity contribution in [2.24, 2.45) is 7.05 Å². The first kappa shape index (κ1) is 26.0. The van der Waals surface area contributed by atoms with Crippen LogP contribution in [-0.4, -0.2) is 41.6 Å². The third kappa shape index (κ3) is 5.56. The highest BCUT2D eigenvalue weighted by Crippen LogP contribution is 2.37. The summed E-state index contributed by atoms with van der Waals surface area (Å²) in [5.74, 6) is 1.61. The zero-order chi connectivity index (χ0) is 27.5. The lowest BCUT2D eigenvalue weighted by atomic mass is 9.87. The molecule has 2 heterocycles.